The molecule has 1 aromatic rings. The first-order valence-corrected chi connectivity index (χ1v) is 7.37. The van der Waals surface area contributed by atoms with E-state index in [9.17, 15) is 4.79 Å². The summed E-state index contributed by atoms with van der Waals surface area (Å²) in [4.78, 5) is 15.5. The number of carboxylic acid groups (broad SMARTS) is 1. The lowest BCUT2D eigenvalue weighted by atomic mass is 10.1. The van der Waals surface area contributed by atoms with Gasteiger partial charge < -0.3 is 10.0 Å². The average molecular weight is 292 g/mol. The van der Waals surface area contributed by atoms with E-state index in [1.807, 2.05) is 18.7 Å². The maximum absolute atomic E-state index is 10.8. The summed E-state index contributed by atoms with van der Waals surface area (Å²) in [5.74, 6) is 0.0703. The number of hydrogen-bond donors (Lipinski definition) is 1. The second-order valence-electron chi connectivity index (χ2n) is 5.54. The molecule has 21 heavy (non-hydrogen) atoms. The minimum Gasteiger partial charge on any atom is -0.478 e. The Morgan fingerprint density at radius 2 is 2.19 bits per heavy atom. The highest BCUT2D eigenvalue weighted by molar-refractivity contribution is 5.87. The average Bonchev–Trinajstić information content (AvgIpc) is 2.70. The van der Waals surface area contributed by atoms with Crippen molar-refractivity contribution < 1.29 is 9.90 Å². The first-order chi connectivity index (χ1) is 9.93. The summed E-state index contributed by atoms with van der Waals surface area (Å²) in [6.07, 6.45) is 2.83. The zero-order valence-electron chi connectivity index (χ0n) is 13.2. The molecule has 0 amide bonds. The number of rotatable bonds is 4. The van der Waals surface area contributed by atoms with Crippen molar-refractivity contribution in [1.29, 1.82) is 0 Å². The zero-order chi connectivity index (χ0) is 15.6. The van der Waals surface area contributed by atoms with E-state index in [4.69, 9.17) is 5.11 Å². The maximum Gasteiger partial charge on any atom is 0.328 e. The van der Waals surface area contributed by atoms with Crippen LogP contribution in [-0.2, 0) is 11.8 Å². The Kier molecular flexibility index (Phi) is 4.67. The van der Waals surface area contributed by atoms with Crippen molar-refractivity contribution >= 4 is 17.9 Å². The van der Waals surface area contributed by atoms with Gasteiger partial charge in [-0.25, -0.2) is 4.79 Å². The van der Waals surface area contributed by atoms with Crippen molar-refractivity contribution in [3.05, 3.63) is 17.3 Å². The second-order valence-corrected chi connectivity index (χ2v) is 5.54. The molecule has 0 aromatic carbocycles. The number of nitrogens with zero attached hydrogens (tertiary/aromatic N) is 4. The minimum absolute atomic E-state index is 0.482. The second kappa shape index (κ2) is 6.30. The van der Waals surface area contributed by atoms with Crippen molar-refractivity contribution in [3.63, 3.8) is 0 Å². The predicted octanol–water partition coefficient (Wildman–Crippen LogP) is 1.36. The number of aromatic nitrogens is 2. The molecule has 1 aliphatic heterocycles. The molecule has 1 saturated heterocycles. The van der Waals surface area contributed by atoms with Crippen LogP contribution in [0.15, 0.2) is 6.08 Å². The molecule has 0 aliphatic carbocycles. The van der Waals surface area contributed by atoms with E-state index >= 15 is 0 Å². The summed E-state index contributed by atoms with van der Waals surface area (Å²) in [5, 5.41) is 13.3. The summed E-state index contributed by atoms with van der Waals surface area (Å²) in [6, 6.07) is 0.482. The molecule has 1 aromatic heterocycles. The molecular weight excluding hydrogens is 268 g/mol. The Hall–Kier alpha value is -1.82. The van der Waals surface area contributed by atoms with E-state index in [2.05, 4.69) is 28.7 Å². The monoisotopic (exact) mass is 292 g/mol. The van der Waals surface area contributed by atoms with Crippen molar-refractivity contribution in [1.82, 2.24) is 14.7 Å². The summed E-state index contributed by atoms with van der Waals surface area (Å²) in [5.41, 5.74) is 1.76. The number of carbonyl (C=O) groups is 1. The molecule has 2 heterocycles. The fourth-order valence-corrected chi connectivity index (χ4v) is 3.04. The molecule has 0 spiro atoms. The Labute approximate surface area is 125 Å². The van der Waals surface area contributed by atoms with Crippen LogP contribution in [0.4, 0.5) is 5.82 Å². The van der Waals surface area contributed by atoms with Crippen LogP contribution in [0.2, 0.25) is 0 Å². The van der Waals surface area contributed by atoms with Crippen LogP contribution >= 0.6 is 0 Å². The van der Waals surface area contributed by atoms with Gasteiger partial charge in [0.25, 0.3) is 0 Å². The van der Waals surface area contributed by atoms with E-state index in [1.54, 1.807) is 6.08 Å². The minimum atomic E-state index is -0.937. The number of likely N-dealkylation sites (N-methyl/N-ethyl adjacent to an activating group) is 1. The molecule has 0 bridgehead atoms. The van der Waals surface area contributed by atoms with E-state index in [0.29, 0.717) is 6.04 Å². The number of hydrogen-bond acceptors (Lipinski definition) is 4. The Bertz CT molecular complexity index is 550. The third-order valence-electron chi connectivity index (χ3n) is 4.10. The zero-order valence-corrected chi connectivity index (χ0v) is 13.2. The number of carboxylic acids is 1. The Balaban J connectivity index is 2.29. The standard InChI is InChI=1S/C15H24N4O2/c1-5-18-8-9-19(10-11(18)2)15-13(6-7-14(20)21)12(3)16-17(15)4/h6-7,11H,5,8-10H2,1-4H3,(H,20,21). The molecule has 1 fully saturated rings. The van der Waals surface area contributed by atoms with Crippen molar-refractivity contribution in [3.8, 4) is 0 Å². The van der Waals surface area contributed by atoms with Crippen LogP contribution in [0.1, 0.15) is 25.1 Å². The van der Waals surface area contributed by atoms with Gasteiger partial charge in [-0.1, -0.05) is 6.92 Å². The van der Waals surface area contributed by atoms with E-state index < -0.39 is 5.97 Å². The highest BCUT2D eigenvalue weighted by Crippen LogP contribution is 2.26. The number of anilines is 1. The van der Waals surface area contributed by atoms with Gasteiger partial charge in [-0.15, -0.1) is 0 Å². The fraction of sp³-hybridized carbons (Fsp3) is 0.600. The predicted molar refractivity (Wildman–Crippen MR) is 83.5 cm³/mol. The normalized spacial score (nSPS) is 20.4. The maximum atomic E-state index is 10.8. The third-order valence-corrected chi connectivity index (χ3v) is 4.10. The molecule has 1 atom stereocenters. The number of piperazine rings is 1. The van der Waals surface area contributed by atoms with Crippen LogP contribution in [-0.4, -0.2) is 58.0 Å². The van der Waals surface area contributed by atoms with Crippen LogP contribution in [0, 0.1) is 6.92 Å². The molecule has 0 radical (unpaired) electrons. The van der Waals surface area contributed by atoms with Crippen molar-refractivity contribution in [2.24, 2.45) is 7.05 Å². The smallest absolute Gasteiger partial charge is 0.328 e. The SMILES string of the molecule is CCN1CCN(c2c(C=CC(=O)O)c(C)nn2C)CC1C. The summed E-state index contributed by atoms with van der Waals surface area (Å²) >= 11 is 0. The van der Waals surface area contributed by atoms with Gasteiger partial charge in [-0.05, 0) is 26.5 Å². The molecule has 0 saturated carbocycles. The van der Waals surface area contributed by atoms with Gasteiger partial charge in [0.15, 0.2) is 0 Å². The van der Waals surface area contributed by atoms with Crippen LogP contribution < -0.4 is 4.90 Å². The van der Waals surface area contributed by atoms with Crippen molar-refractivity contribution in [2.45, 2.75) is 26.8 Å². The quantitative estimate of drug-likeness (QED) is 0.849. The molecule has 6 heteroatoms. The van der Waals surface area contributed by atoms with Gasteiger partial charge in [0.1, 0.15) is 5.82 Å². The molecule has 1 N–H and O–H groups in total. The molecule has 1 aliphatic rings. The van der Waals surface area contributed by atoms with Gasteiger partial charge in [-0.3, -0.25) is 9.58 Å². The summed E-state index contributed by atoms with van der Waals surface area (Å²) < 4.78 is 1.85. The fourth-order valence-electron chi connectivity index (χ4n) is 3.04. The number of aliphatic carboxylic acids is 1. The van der Waals surface area contributed by atoms with Crippen LogP contribution in [0.5, 0.6) is 0 Å². The van der Waals surface area contributed by atoms with Crippen molar-refractivity contribution in [2.75, 3.05) is 31.1 Å². The van der Waals surface area contributed by atoms with Gasteiger partial charge in [-0.2, -0.15) is 5.10 Å². The molecule has 1 unspecified atom stereocenters. The van der Waals surface area contributed by atoms with E-state index in [-0.39, 0.29) is 0 Å². The van der Waals surface area contributed by atoms with E-state index in [0.717, 1.165) is 43.3 Å². The molecule has 6 nitrogen and oxygen atoms in total. The highest BCUT2D eigenvalue weighted by Gasteiger charge is 2.26. The lowest BCUT2D eigenvalue weighted by Crippen LogP contribution is -2.52. The molecule has 2 rings (SSSR count). The van der Waals surface area contributed by atoms with Gasteiger partial charge in [0.05, 0.1) is 5.69 Å². The van der Waals surface area contributed by atoms with E-state index in [1.165, 1.54) is 6.08 Å². The Morgan fingerprint density at radius 3 is 2.76 bits per heavy atom. The van der Waals surface area contributed by atoms with Crippen LogP contribution in [0.3, 0.4) is 0 Å². The largest absolute Gasteiger partial charge is 0.478 e. The summed E-state index contributed by atoms with van der Waals surface area (Å²) in [7, 11) is 1.91. The van der Waals surface area contributed by atoms with Crippen LogP contribution in [0.25, 0.3) is 6.08 Å². The molecular formula is C15H24N4O2. The topological polar surface area (TPSA) is 61.6 Å². The van der Waals surface area contributed by atoms with Gasteiger partial charge >= 0.3 is 5.97 Å². The first kappa shape index (κ1) is 15.6. The summed E-state index contributed by atoms with van der Waals surface area (Å²) in [6.45, 7) is 10.3. The number of aryl methyl sites for hydroxylation is 2. The first-order valence-electron chi connectivity index (χ1n) is 7.37. The molecule has 116 valence electrons. The van der Waals surface area contributed by atoms with Gasteiger partial charge in [0, 0.05) is 44.4 Å². The Morgan fingerprint density at radius 1 is 1.48 bits per heavy atom. The third kappa shape index (κ3) is 3.26. The highest BCUT2D eigenvalue weighted by atomic mass is 16.4. The van der Waals surface area contributed by atoms with Gasteiger partial charge in [0.2, 0.25) is 0 Å². The lowest BCUT2D eigenvalue weighted by Gasteiger charge is -2.40. The lowest BCUT2D eigenvalue weighted by molar-refractivity contribution is -0.131.